The van der Waals surface area contributed by atoms with Gasteiger partial charge in [-0.15, -0.1) is 0 Å². The predicted octanol–water partition coefficient (Wildman–Crippen LogP) is 4.92. The molecule has 0 radical (unpaired) electrons. The first-order valence-electron chi connectivity index (χ1n) is 20.9. The Hall–Kier alpha value is -4.53. The van der Waals surface area contributed by atoms with Gasteiger partial charge in [-0.3, -0.25) is 19.1 Å². The minimum absolute atomic E-state index is 0.00783. The number of aryl methyl sites for hydroxylation is 1. The minimum Gasteiger partial charge on any atom is -0.471 e. The number of hydrogen-bond acceptors (Lipinski definition) is 10. The van der Waals surface area contributed by atoms with E-state index in [0.29, 0.717) is 55.6 Å². The SMILES string of the molecule is CC1(S(=O)(=O)NC(=O)[C@@]23C=C[C@H]2/C=C\CCCCC[C@@H]2NC(=O)O[C@@H]4CCCC4CCCCCc4nc5ccccc5nc4O[C@@H]4C[C@@H](C(=O)N3)N(C4)C2=O)CC1. The first-order valence-corrected chi connectivity index (χ1v) is 22.4. The van der Waals surface area contributed by atoms with Crippen LogP contribution in [0.3, 0.4) is 0 Å². The Morgan fingerprint density at radius 2 is 1.67 bits per heavy atom. The number of hydrogen-bond donors (Lipinski definition) is 3. The molecule has 3 fully saturated rings. The highest BCUT2D eigenvalue weighted by Crippen LogP contribution is 2.43. The van der Waals surface area contributed by atoms with Crippen molar-refractivity contribution < 1.29 is 37.1 Å². The molecule has 7 atom stereocenters. The number of rotatable bonds is 3. The molecule has 8 rings (SSSR count). The number of nitrogens with one attached hydrogen (secondary N) is 3. The highest BCUT2D eigenvalue weighted by molar-refractivity contribution is 7.91. The first-order chi connectivity index (χ1) is 27.4. The van der Waals surface area contributed by atoms with Crippen molar-refractivity contribution in [2.24, 2.45) is 11.8 Å². The number of para-hydroxylation sites is 2. The number of carbonyl (C=O) groups is 4. The average molecular weight is 803 g/mol. The van der Waals surface area contributed by atoms with Gasteiger partial charge in [0.25, 0.3) is 5.91 Å². The van der Waals surface area contributed by atoms with Crippen LogP contribution in [-0.2, 0) is 35.6 Å². The van der Waals surface area contributed by atoms with Crippen molar-refractivity contribution in [1.29, 1.82) is 0 Å². The van der Waals surface area contributed by atoms with Crippen molar-refractivity contribution in [3.05, 3.63) is 54.3 Å². The van der Waals surface area contributed by atoms with Crippen LogP contribution in [0.15, 0.2) is 48.6 Å². The molecule has 6 aliphatic rings. The van der Waals surface area contributed by atoms with E-state index in [1.54, 1.807) is 13.0 Å². The monoisotopic (exact) mass is 802 g/mol. The van der Waals surface area contributed by atoms with Crippen molar-refractivity contribution in [1.82, 2.24) is 30.2 Å². The summed E-state index contributed by atoms with van der Waals surface area (Å²) in [7, 11) is -4.03. The number of sulfonamides is 1. The van der Waals surface area contributed by atoms with E-state index in [9.17, 15) is 27.6 Å². The molecule has 0 spiro atoms. The Labute approximate surface area is 334 Å². The third-order valence-electron chi connectivity index (χ3n) is 13.0. The maximum Gasteiger partial charge on any atom is 0.408 e. The summed E-state index contributed by atoms with van der Waals surface area (Å²) in [5, 5.41) is 5.80. The van der Waals surface area contributed by atoms with Gasteiger partial charge >= 0.3 is 6.09 Å². The molecule has 306 valence electrons. The zero-order valence-electron chi connectivity index (χ0n) is 32.6. The summed E-state index contributed by atoms with van der Waals surface area (Å²) < 4.78 is 40.4. The van der Waals surface area contributed by atoms with Gasteiger partial charge in [-0.2, -0.15) is 0 Å². The standard InChI is InChI=1S/C42H54N6O8S/c1-41(23-24-41)57(53,54)47-39(51)42-22-21-28(42)15-7-3-2-4-8-19-33-38(50)48-26-29(25-34(48)36(49)46-42)55-37-32(43-30-16-10-11-17-31(30)44-37)18-9-5-6-13-27-14-12-20-35(27)56-40(52)45-33/h7,10-11,15-17,21-22,27-29,33-35H,2-6,8-9,12-14,18-20,23-26H2,1H3,(H,45,52)(H,46,49)(H,47,51)/b15-7-/t27?,28-,29-,33+,34+,35-,42-/m1/s1. The number of fused-ring (bicyclic) bond motifs is 6. The molecule has 4 amide bonds. The average Bonchev–Trinajstić information content (AvgIpc) is 3.58. The summed E-state index contributed by atoms with van der Waals surface area (Å²) in [4.78, 5) is 68.3. The molecule has 3 aliphatic carbocycles. The van der Waals surface area contributed by atoms with Gasteiger partial charge in [0.1, 0.15) is 35.5 Å². The van der Waals surface area contributed by atoms with Gasteiger partial charge in [0.2, 0.25) is 27.7 Å². The Balaban J connectivity index is 1.14. The third-order valence-corrected chi connectivity index (χ3v) is 15.2. The lowest BCUT2D eigenvalue weighted by atomic mass is 9.73. The number of alkyl carbamates (subject to hydrolysis) is 1. The summed E-state index contributed by atoms with van der Waals surface area (Å²) in [5.74, 6) is -1.96. The van der Waals surface area contributed by atoms with Gasteiger partial charge in [-0.05, 0) is 95.6 Å². The van der Waals surface area contributed by atoms with E-state index in [0.717, 1.165) is 63.3 Å². The lowest BCUT2D eigenvalue weighted by Gasteiger charge is -2.42. The molecule has 3 aliphatic heterocycles. The fraction of sp³-hybridized carbons (Fsp3) is 0.619. The van der Waals surface area contributed by atoms with E-state index in [4.69, 9.17) is 19.4 Å². The maximum absolute atomic E-state index is 14.7. The summed E-state index contributed by atoms with van der Waals surface area (Å²) in [5.41, 5.74) is 0.410. The number of nitrogens with zero attached hydrogens (tertiary/aromatic N) is 3. The molecule has 57 heavy (non-hydrogen) atoms. The molecule has 1 aromatic carbocycles. The quantitative estimate of drug-likeness (QED) is 0.360. The fourth-order valence-electron chi connectivity index (χ4n) is 9.06. The van der Waals surface area contributed by atoms with Gasteiger partial charge in [-0.25, -0.2) is 23.2 Å². The van der Waals surface area contributed by atoms with Crippen molar-refractivity contribution >= 4 is 44.9 Å². The van der Waals surface area contributed by atoms with Crippen LogP contribution < -0.4 is 20.1 Å². The normalized spacial score (nSPS) is 32.6. The van der Waals surface area contributed by atoms with Crippen LogP contribution in [0, 0.1) is 11.8 Å². The van der Waals surface area contributed by atoms with Gasteiger partial charge in [0, 0.05) is 12.3 Å². The second kappa shape index (κ2) is 16.0. The molecule has 3 N–H and O–H groups in total. The molecule has 3 bridgehead atoms. The lowest BCUT2D eigenvalue weighted by Crippen LogP contribution is -2.67. The van der Waals surface area contributed by atoms with E-state index in [1.165, 1.54) is 11.0 Å². The van der Waals surface area contributed by atoms with Crippen molar-refractivity contribution in [2.45, 2.75) is 144 Å². The van der Waals surface area contributed by atoms with Gasteiger partial charge in [-0.1, -0.05) is 62.1 Å². The van der Waals surface area contributed by atoms with Crippen LogP contribution in [0.4, 0.5) is 4.79 Å². The molecule has 14 nitrogen and oxygen atoms in total. The van der Waals surface area contributed by atoms with Crippen molar-refractivity contribution in [3.63, 3.8) is 0 Å². The Bertz CT molecular complexity index is 2070. The van der Waals surface area contributed by atoms with Crippen molar-refractivity contribution in [3.8, 4) is 5.88 Å². The summed E-state index contributed by atoms with van der Waals surface area (Å²) in [6.07, 6.45) is 16.7. The highest BCUT2D eigenvalue weighted by Gasteiger charge is 2.56. The van der Waals surface area contributed by atoms with E-state index in [1.807, 2.05) is 36.4 Å². The molecule has 4 heterocycles. The lowest BCUT2D eigenvalue weighted by molar-refractivity contribution is -0.142. The summed E-state index contributed by atoms with van der Waals surface area (Å²) in [6.45, 7) is 1.60. The Morgan fingerprint density at radius 3 is 2.44 bits per heavy atom. The van der Waals surface area contributed by atoms with Crippen LogP contribution in [0.2, 0.25) is 0 Å². The van der Waals surface area contributed by atoms with Crippen LogP contribution in [0.5, 0.6) is 5.88 Å². The van der Waals surface area contributed by atoms with Crippen molar-refractivity contribution in [2.75, 3.05) is 6.54 Å². The number of allylic oxidation sites excluding steroid dienone is 1. The van der Waals surface area contributed by atoms with Gasteiger partial charge < -0.3 is 25.0 Å². The molecule has 2 saturated carbocycles. The number of ether oxygens (including phenoxy) is 2. The summed E-state index contributed by atoms with van der Waals surface area (Å²) in [6, 6.07) is 5.49. The van der Waals surface area contributed by atoms with E-state index in [-0.39, 0.29) is 25.0 Å². The van der Waals surface area contributed by atoms with Crippen LogP contribution >= 0.6 is 0 Å². The molecular formula is C42H54N6O8S. The van der Waals surface area contributed by atoms with Gasteiger partial charge in [0.05, 0.1) is 22.3 Å². The second-order valence-corrected chi connectivity index (χ2v) is 19.3. The van der Waals surface area contributed by atoms with E-state index >= 15 is 0 Å². The molecule has 1 aromatic heterocycles. The number of benzene rings is 1. The highest BCUT2D eigenvalue weighted by atomic mass is 32.2. The zero-order chi connectivity index (χ0) is 39.8. The van der Waals surface area contributed by atoms with Gasteiger partial charge in [0.15, 0.2) is 0 Å². The molecule has 1 unspecified atom stereocenters. The molecule has 15 heteroatoms. The minimum atomic E-state index is -4.03. The first kappa shape index (κ1) is 39.3. The number of carbonyl (C=O) groups excluding carboxylic acids is 4. The third kappa shape index (κ3) is 8.13. The Kier molecular flexibility index (Phi) is 11.0. The van der Waals surface area contributed by atoms with E-state index in [2.05, 4.69) is 15.4 Å². The fourth-order valence-corrected chi connectivity index (χ4v) is 10.4. The van der Waals surface area contributed by atoms with E-state index < -0.39 is 68.2 Å². The molecule has 2 aromatic rings. The molecular weight excluding hydrogens is 749 g/mol. The second-order valence-electron chi connectivity index (χ2n) is 17.1. The van der Waals surface area contributed by atoms with Crippen LogP contribution in [0.1, 0.15) is 109 Å². The zero-order valence-corrected chi connectivity index (χ0v) is 33.4. The summed E-state index contributed by atoms with van der Waals surface area (Å²) >= 11 is 0. The predicted molar refractivity (Wildman–Crippen MR) is 211 cm³/mol. The number of amides is 4. The topological polar surface area (TPSA) is 186 Å². The Morgan fingerprint density at radius 1 is 0.912 bits per heavy atom. The maximum atomic E-state index is 14.7. The number of aromatic nitrogens is 2. The molecule has 1 saturated heterocycles. The van der Waals surface area contributed by atoms with Crippen LogP contribution in [0.25, 0.3) is 11.0 Å². The smallest absolute Gasteiger partial charge is 0.408 e. The largest absolute Gasteiger partial charge is 0.471 e. The van der Waals surface area contributed by atoms with Crippen LogP contribution in [-0.4, -0.2) is 88.2 Å².